The van der Waals surface area contributed by atoms with Crippen LogP contribution in [0.5, 0.6) is 5.75 Å². The fourth-order valence-electron chi connectivity index (χ4n) is 1.07. The molecule has 3 nitrogen and oxygen atoms in total. The van der Waals surface area contributed by atoms with Crippen molar-refractivity contribution in [3.63, 3.8) is 0 Å². The molecule has 3 heteroatoms. The zero-order valence-corrected chi connectivity index (χ0v) is 8.53. The lowest BCUT2D eigenvalue weighted by atomic mass is 10.3. The lowest BCUT2D eigenvalue weighted by molar-refractivity contribution is 0.101. The van der Waals surface area contributed by atoms with Crippen molar-refractivity contribution in [1.82, 2.24) is 0 Å². The number of rotatable bonds is 6. The molecule has 0 aliphatic rings. The van der Waals surface area contributed by atoms with E-state index >= 15 is 0 Å². The number of benzene rings is 1. The third-order valence-corrected chi connectivity index (χ3v) is 1.70. The van der Waals surface area contributed by atoms with Crippen LogP contribution in [0.25, 0.3) is 0 Å². The van der Waals surface area contributed by atoms with Crippen molar-refractivity contribution in [3.8, 4) is 5.75 Å². The van der Waals surface area contributed by atoms with E-state index in [9.17, 15) is 0 Å². The summed E-state index contributed by atoms with van der Waals surface area (Å²) in [6.45, 7) is 4.07. The lowest BCUT2D eigenvalue weighted by Gasteiger charge is -2.06. The molecule has 0 amide bonds. The van der Waals surface area contributed by atoms with Gasteiger partial charge < -0.3 is 15.2 Å². The molecule has 0 fully saturated rings. The topological polar surface area (TPSA) is 44.5 Å². The quantitative estimate of drug-likeness (QED) is 0.558. The largest absolute Gasteiger partial charge is 0.491 e. The monoisotopic (exact) mass is 195 g/mol. The summed E-state index contributed by atoms with van der Waals surface area (Å²) in [5.41, 5.74) is 6.32. The third-order valence-electron chi connectivity index (χ3n) is 1.70. The summed E-state index contributed by atoms with van der Waals surface area (Å²) in [6.07, 6.45) is 1.04. The Morgan fingerprint density at radius 2 is 2.07 bits per heavy atom. The Morgan fingerprint density at radius 1 is 1.21 bits per heavy atom. The molecule has 1 aromatic carbocycles. The summed E-state index contributed by atoms with van der Waals surface area (Å²) in [4.78, 5) is 0. The van der Waals surface area contributed by atoms with Crippen LogP contribution in [0.4, 0.5) is 5.69 Å². The summed E-state index contributed by atoms with van der Waals surface area (Å²) >= 11 is 0. The van der Waals surface area contributed by atoms with Crippen LogP contribution in [0.3, 0.4) is 0 Å². The van der Waals surface area contributed by atoms with Crippen LogP contribution >= 0.6 is 0 Å². The molecule has 0 heterocycles. The number of hydrogen-bond acceptors (Lipinski definition) is 3. The SMILES string of the molecule is CCCOCCOc1cccc(N)c1. The van der Waals surface area contributed by atoms with Crippen molar-refractivity contribution >= 4 is 5.69 Å². The number of ether oxygens (including phenoxy) is 2. The first-order chi connectivity index (χ1) is 6.83. The molecule has 14 heavy (non-hydrogen) atoms. The molecular formula is C11H17NO2. The van der Waals surface area contributed by atoms with Gasteiger partial charge in [0.15, 0.2) is 0 Å². The highest BCUT2D eigenvalue weighted by atomic mass is 16.5. The Kier molecular flexibility index (Phi) is 4.86. The van der Waals surface area contributed by atoms with Gasteiger partial charge in [-0.1, -0.05) is 13.0 Å². The van der Waals surface area contributed by atoms with E-state index in [0.717, 1.165) is 24.5 Å². The second kappa shape index (κ2) is 6.27. The van der Waals surface area contributed by atoms with E-state index < -0.39 is 0 Å². The smallest absolute Gasteiger partial charge is 0.121 e. The van der Waals surface area contributed by atoms with E-state index in [1.54, 1.807) is 6.07 Å². The molecule has 0 spiro atoms. The van der Waals surface area contributed by atoms with Crippen LogP contribution < -0.4 is 10.5 Å². The van der Waals surface area contributed by atoms with Crippen molar-refractivity contribution in [2.24, 2.45) is 0 Å². The van der Waals surface area contributed by atoms with Crippen LogP contribution in [0, 0.1) is 0 Å². The number of anilines is 1. The molecule has 0 bridgehead atoms. The first kappa shape index (κ1) is 10.9. The maximum absolute atomic E-state index is 5.60. The van der Waals surface area contributed by atoms with Crippen molar-refractivity contribution in [2.75, 3.05) is 25.6 Å². The predicted octanol–water partition coefficient (Wildman–Crippen LogP) is 2.07. The van der Waals surface area contributed by atoms with E-state index in [-0.39, 0.29) is 0 Å². The normalized spacial score (nSPS) is 10.1. The van der Waals surface area contributed by atoms with E-state index in [4.69, 9.17) is 15.2 Å². The Hall–Kier alpha value is -1.22. The van der Waals surface area contributed by atoms with Crippen LogP contribution in [0.1, 0.15) is 13.3 Å². The molecule has 0 radical (unpaired) electrons. The lowest BCUT2D eigenvalue weighted by Crippen LogP contribution is -2.07. The van der Waals surface area contributed by atoms with E-state index in [1.807, 2.05) is 18.2 Å². The Balaban J connectivity index is 2.18. The average molecular weight is 195 g/mol. The summed E-state index contributed by atoms with van der Waals surface area (Å²) < 4.78 is 10.7. The van der Waals surface area contributed by atoms with Gasteiger partial charge in [0.1, 0.15) is 12.4 Å². The van der Waals surface area contributed by atoms with Gasteiger partial charge >= 0.3 is 0 Å². The molecule has 0 saturated carbocycles. The molecule has 0 atom stereocenters. The van der Waals surface area contributed by atoms with Crippen LogP contribution in [0.15, 0.2) is 24.3 Å². The number of nitrogen functional groups attached to an aromatic ring is 1. The first-order valence-electron chi connectivity index (χ1n) is 4.89. The minimum absolute atomic E-state index is 0.573. The molecule has 0 aromatic heterocycles. The summed E-state index contributed by atoms with van der Waals surface area (Å²) in [5, 5.41) is 0. The minimum Gasteiger partial charge on any atom is -0.491 e. The summed E-state index contributed by atoms with van der Waals surface area (Å²) in [5.74, 6) is 0.796. The van der Waals surface area contributed by atoms with Gasteiger partial charge in [-0.05, 0) is 18.6 Å². The molecule has 0 unspecified atom stereocenters. The van der Waals surface area contributed by atoms with Crippen molar-refractivity contribution in [2.45, 2.75) is 13.3 Å². The molecular weight excluding hydrogens is 178 g/mol. The zero-order chi connectivity index (χ0) is 10.2. The minimum atomic E-state index is 0.573. The highest BCUT2D eigenvalue weighted by molar-refractivity contribution is 5.43. The zero-order valence-electron chi connectivity index (χ0n) is 8.53. The Morgan fingerprint density at radius 3 is 2.79 bits per heavy atom. The molecule has 0 saturated heterocycles. The molecule has 1 aromatic rings. The third kappa shape index (κ3) is 4.14. The molecule has 78 valence electrons. The standard InChI is InChI=1S/C11H17NO2/c1-2-6-13-7-8-14-11-5-3-4-10(12)9-11/h3-5,9H,2,6-8,12H2,1H3. The number of nitrogens with two attached hydrogens (primary N) is 1. The Labute approximate surface area is 84.8 Å². The Bertz CT molecular complexity index is 263. The van der Waals surface area contributed by atoms with Crippen LogP contribution in [-0.2, 0) is 4.74 Å². The van der Waals surface area contributed by atoms with E-state index in [0.29, 0.717) is 13.2 Å². The van der Waals surface area contributed by atoms with Gasteiger partial charge in [0.2, 0.25) is 0 Å². The van der Waals surface area contributed by atoms with Crippen LogP contribution in [-0.4, -0.2) is 19.8 Å². The fraction of sp³-hybridized carbons (Fsp3) is 0.455. The molecule has 2 N–H and O–H groups in total. The van der Waals surface area contributed by atoms with Crippen LogP contribution in [0.2, 0.25) is 0 Å². The fourth-order valence-corrected chi connectivity index (χ4v) is 1.07. The number of hydrogen-bond donors (Lipinski definition) is 1. The van der Waals surface area contributed by atoms with Gasteiger partial charge in [-0.15, -0.1) is 0 Å². The molecule has 0 aliphatic carbocycles. The second-order valence-electron chi connectivity index (χ2n) is 3.03. The van der Waals surface area contributed by atoms with Gasteiger partial charge in [0, 0.05) is 18.4 Å². The van der Waals surface area contributed by atoms with Crippen molar-refractivity contribution in [1.29, 1.82) is 0 Å². The highest BCUT2D eigenvalue weighted by Crippen LogP contribution is 2.13. The van der Waals surface area contributed by atoms with Gasteiger partial charge in [-0.3, -0.25) is 0 Å². The summed E-state index contributed by atoms with van der Waals surface area (Å²) in [7, 11) is 0. The maximum atomic E-state index is 5.60. The maximum Gasteiger partial charge on any atom is 0.121 e. The highest BCUT2D eigenvalue weighted by Gasteiger charge is 1.93. The predicted molar refractivity (Wildman–Crippen MR) is 57.5 cm³/mol. The van der Waals surface area contributed by atoms with Gasteiger partial charge in [-0.25, -0.2) is 0 Å². The summed E-state index contributed by atoms with van der Waals surface area (Å²) in [6, 6.07) is 7.40. The second-order valence-corrected chi connectivity index (χ2v) is 3.03. The van der Waals surface area contributed by atoms with Gasteiger partial charge in [0.25, 0.3) is 0 Å². The molecule has 0 aliphatic heterocycles. The van der Waals surface area contributed by atoms with E-state index in [1.165, 1.54) is 0 Å². The average Bonchev–Trinajstić information content (AvgIpc) is 2.18. The first-order valence-corrected chi connectivity index (χ1v) is 4.89. The van der Waals surface area contributed by atoms with Crippen molar-refractivity contribution in [3.05, 3.63) is 24.3 Å². The van der Waals surface area contributed by atoms with Gasteiger partial charge in [0.05, 0.1) is 6.61 Å². The van der Waals surface area contributed by atoms with Gasteiger partial charge in [-0.2, -0.15) is 0 Å². The van der Waals surface area contributed by atoms with E-state index in [2.05, 4.69) is 6.92 Å². The van der Waals surface area contributed by atoms with Crippen molar-refractivity contribution < 1.29 is 9.47 Å². The molecule has 1 rings (SSSR count).